The summed E-state index contributed by atoms with van der Waals surface area (Å²) in [7, 11) is 0. The summed E-state index contributed by atoms with van der Waals surface area (Å²) >= 11 is 0. The van der Waals surface area contributed by atoms with Crippen LogP contribution in [0.15, 0.2) is 60.8 Å². The second-order valence-electron chi connectivity index (χ2n) is 6.00. The van der Waals surface area contributed by atoms with Crippen LogP contribution >= 0.6 is 0 Å². The summed E-state index contributed by atoms with van der Waals surface area (Å²) in [6.45, 7) is -0.148. The molecule has 0 aliphatic heterocycles. The number of carbonyl (C=O) groups excluding carboxylic acids is 1. The molecule has 1 amide bonds. The van der Waals surface area contributed by atoms with Crippen molar-refractivity contribution in [3.63, 3.8) is 0 Å². The maximum atomic E-state index is 13.8. The van der Waals surface area contributed by atoms with Crippen molar-refractivity contribution in [1.82, 2.24) is 4.98 Å². The minimum atomic E-state index is -4.54. The van der Waals surface area contributed by atoms with E-state index in [1.165, 1.54) is 42.6 Å². The van der Waals surface area contributed by atoms with Crippen LogP contribution in [-0.4, -0.2) is 10.9 Å². The molecule has 0 atom stereocenters. The van der Waals surface area contributed by atoms with Crippen molar-refractivity contribution in [3.05, 3.63) is 89.1 Å². The van der Waals surface area contributed by atoms with Gasteiger partial charge in [0.1, 0.15) is 5.82 Å². The monoisotopic (exact) mass is 407 g/mol. The van der Waals surface area contributed by atoms with Gasteiger partial charge in [-0.3, -0.25) is 4.79 Å². The molecular formula is C20H14F5N3O. The standard InChI is InChI=1S/C20H14F5N3O/c21-16-8-1-4-12(17(16)22)11-27-18-15(7-3-9-26-18)19(29)28-14-6-2-5-13(10-14)20(23,24)25/h1-10H,11H2,(H,26,27)(H,28,29). The lowest BCUT2D eigenvalue weighted by molar-refractivity contribution is -0.137. The van der Waals surface area contributed by atoms with E-state index in [0.29, 0.717) is 0 Å². The van der Waals surface area contributed by atoms with Crippen molar-refractivity contribution in [2.45, 2.75) is 12.7 Å². The summed E-state index contributed by atoms with van der Waals surface area (Å²) in [5.41, 5.74) is -0.890. The first-order chi connectivity index (χ1) is 13.8. The molecule has 0 saturated heterocycles. The first-order valence-electron chi connectivity index (χ1n) is 8.36. The predicted molar refractivity (Wildman–Crippen MR) is 97.3 cm³/mol. The Balaban J connectivity index is 1.78. The van der Waals surface area contributed by atoms with Crippen LogP contribution in [0.1, 0.15) is 21.5 Å². The number of anilines is 2. The number of rotatable bonds is 5. The van der Waals surface area contributed by atoms with Crippen LogP contribution in [0, 0.1) is 11.6 Å². The summed E-state index contributed by atoms with van der Waals surface area (Å²) < 4.78 is 65.6. The normalized spacial score (nSPS) is 11.2. The Morgan fingerprint density at radius 1 is 1.00 bits per heavy atom. The van der Waals surface area contributed by atoms with Gasteiger partial charge >= 0.3 is 6.18 Å². The Morgan fingerprint density at radius 3 is 2.52 bits per heavy atom. The molecule has 4 nitrogen and oxygen atoms in total. The molecule has 150 valence electrons. The summed E-state index contributed by atoms with van der Waals surface area (Å²) in [6.07, 6.45) is -3.16. The van der Waals surface area contributed by atoms with Crippen LogP contribution in [-0.2, 0) is 12.7 Å². The molecule has 29 heavy (non-hydrogen) atoms. The second-order valence-corrected chi connectivity index (χ2v) is 6.00. The van der Waals surface area contributed by atoms with Gasteiger partial charge in [0.05, 0.1) is 11.1 Å². The fourth-order valence-corrected chi connectivity index (χ4v) is 2.57. The molecule has 0 fully saturated rings. The summed E-state index contributed by atoms with van der Waals surface area (Å²) in [6, 6.07) is 10.8. The third-order valence-electron chi connectivity index (χ3n) is 3.98. The van der Waals surface area contributed by atoms with E-state index >= 15 is 0 Å². The number of alkyl halides is 3. The highest BCUT2D eigenvalue weighted by Gasteiger charge is 2.30. The highest BCUT2D eigenvalue weighted by molar-refractivity contribution is 6.07. The van der Waals surface area contributed by atoms with Gasteiger partial charge in [0.25, 0.3) is 5.91 Å². The Morgan fingerprint density at radius 2 is 1.76 bits per heavy atom. The number of aromatic nitrogens is 1. The van der Waals surface area contributed by atoms with Crippen LogP contribution < -0.4 is 10.6 Å². The van der Waals surface area contributed by atoms with E-state index in [-0.39, 0.29) is 29.2 Å². The van der Waals surface area contributed by atoms with Crippen molar-refractivity contribution in [2.24, 2.45) is 0 Å². The van der Waals surface area contributed by atoms with E-state index in [1.807, 2.05) is 0 Å². The Bertz CT molecular complexity index is 1040. The number of hydrogen-bond acceptors (Lipinski definition) is 3. The number of carbonyl (C=O) groups is 1. The molecule has 0 saturated carbocycles. The molecule has 0 aliphatic carbocycles. The number of pyridine rings is 1. The molecule has 2 N–H and O–H groups in total. The SMILES string of the molecule is O=C(Nc1cccc(C(F)(F)F)c1)c1cccnc1NCc1cccc(F)c1F. The van der Waals surface area contributed by atoms with Gasteiger partial charge < -0.3 is 10.6 Å². The minimum absolute atomic E-state index is 0.0277. The van der Waals surface area contributed by atoms with Gasteiger partial charge in [-0.05, 0) is 36.4 Å². The molecular weight excluding hydrogens is 393 g/mol. The Hall–Kier alpha value is -3.49. The molecule has 1 heterocycles. The number of halogens is 5. The van der Waals surface area contributed by atoms with Gasteiger partial charge in [0.15, 0.2) is 11.6 Å². The summed E-state index contributed by atoms with van der Waals surface area (Å²) in [5.74, 6) is -2.67. The molecule has 0 bridgehead atoms. The van der Waals surface area contributed by atoms with Crippen molar-refractivity contribution in [2.75, 3.05) is 10.6 Å². The Labute approximate surface area is 162 Å². The molecule has 0 aliphatic rings. The fourth-order valence-electron chi connectivity index (χ4n) is 2.57. The average Bonchev–Trinajstić information content (AvgIpc) is 2.69. The van der Waals surface area contributed by atoms with Gasteiger partial charge in [0.2, 0.25) is 0 Å². The molecule has 9 heteroatoms. The maximum Gasteiger partial charge on any atom is 0.416 e. The van der Waals surface area contributed by atoms with Gasteiger partial charge in [-0.15, -0.1) is 0 Å². The number of benzene rings is 2. The molecule has 3 aromatic rings. The van der Waals surface area contributed by atoms with Gasteiger partial charge in [-0.25, -0.2) is 13.8 Å². The largest absolute Gasteiger partial charge is 0.416 e. The molecule has 0 unspecified atom stereocenters. The van der Waals surface area contributed by atoms with Crippen LogP contribution in [0.4, 0.5) is 33.5 Å². The van der Waals surface area contributed by atoms with E-state index in [1.54, 1.807) is 0 Å². The maximum absolute atomic E-state index is 13.8. The van der Waals surface area contributed by atoms with E-state index < -0.39 is 29.3 Å². The third kappa shape index (κ3) is 4.87. The zero-order chi connectivity index (χ0) is 21.0. The van der Waals surface area contributed by atoms with Crippen LogP contribution in [0.3, 0.4) is 0 Å². The van der Waals surface area contributed by atoms with Crippen LogP contribution in [0.25, 0.3) is 0 Å². The number of hydrogen-bond donors (Lipinski definition) is 2. The van der Waals surface area contributed by atoms with Crippen molar-refractivity contribution in [1.29, 1.82) is 0 Å². The highest BCUT2D eigenvalue weighted by atomic mass is 19.4. The minimum Gasteiger partial charge on any atom is -0.365 e. The topological polar surface area (TPSA) is 54.0 Å². The lowest BCUT2D eigenvalue weighted by Gasteiger charge is -2.13. The summed E-state index contributed by atoms with van der Waals surface area (Å²) in [5, 5.41) is 5.12. The van der Waals surface area contributed by atoms with E-state index in [2.05, 4.69) is 15.6 Å². The molecule has 2 aromatic carbocycles. The van der Waals surface area contributed by atoms with Crippen LogP contribution in [0.2, 0.25) is 0 Å². The zero-order valence-corrected chi connectivity index (χ0v) is 14.7. The predicted octanol–water partition coefficient (Wildman–Crippen LogP) is 5.24. The quantitative estimate of drug-likeness (QED) is 0.569. The smallest absolute Gasteiger partial charge is 0.365 e. The van der Waals surface area contributed by atoms with Crippen molar-refractivity contribution in [3.8, 4) is 0 Å². The summed E-state index contributed by atoms with van der Waals surface area (Å²) in [4.78, 5) is 16.5. The third-order valence-corrected chi connectivity index (χ3v) is 3.98. The Kier molecular flexibility index (Phi) is 5.76. The molecule has 0 spiro atoms. The van der Waals surface area contributed by atoms with Gasteiger partial charge in [0, 0.05) is 24.0 Å². The van der Waals surface area contributed by atoms with Crippen LogP contribution in [0.5, 0.6) is 0 Å². The molecule has 0 radical (unpaired) electrons. The molecule has 3 rings (SSSR count). The van der Waals surface area contributed by atoms with E-state index in [0.717, 1.165) is 18.2 Å². The number of nitrogens with zero attached hydrogens (tertiary/aromatic N) is 1. The van der Waals surface area contributed by atoms with Gasteiger partial charge in [-0.2, -0.15) is 13.2 Å². The van der Waals surface area contributed by atoms with Crippen molar-refractivity contribution >= 4 is 17.4 Å². The highest BCUT2D eigenvalue weighted by Crippen LogP contribution is 2.30. The first-order valence-corrected chi connectivity index (χ1v) is 8.36. The van der Waals surface area contributed by atoms with Gasteiger partial charge in [-0.1, -0.05) is 18.2 Å². The number of amides is 1. The number of nitrogens with one attached hydrogen (secondary N) is 2. The first kappa shape index (κ1) is 20.2. The zero-order valence-electron chi connectivity index (χ0n) is 14.7. The van der Waals surface area contributed by atoms with Crippen molar-refractivity contribution < 1.29 is 26.7 Å². The molecule has 1 aromatic heterocycles. The lowest BCUT2D eigenvalue weighted by atomic mass is 10.1. The fraction of sp³-hybridized carbons (Fsp3) is 0.100. The average molecular weight is 407 g/mol. The van der Waals surface area contributed by atoms with E-state index in [9.17, 15) is 26.7 Å². The lowest BCUT2D eigenvalue weighted by Crippen LogP contribution is -2.16. The second kappa shape index (κ2) is 8.26. The van der Waals surface area contributed by atoms with E-state index in [4.69, 9.17) is 0 Å².